The quantitative estimate of drug-likeness (QED) is 0.170. The molecule has 0 atom stereocenters. The van der Waals surface area contributed by atoms with Gasteiger partial charge in [-0.25, -0.2) is 0 Å². The summed E-state index contributed by atoms with van der Waals surface area (Å²) in [4.78, 5) is 2.80. The fourth-order valence-electron chi connectivity index (χ4n) is 13.4. The van der Waals surface area contributed by atoms with Crippen molar-refractivity contribution in [2.24, 2.45) is 0 Å². The molecule has 0 amide bonds. The van der Waals surface area contributed by atoms with Gasteiger partial charge < -0.3 is 4.90 Å². The normalized spacial score (nSPS) is 14.0. The van der Waals surface area contributed by atoms with Gasteiger partial charge in [-0.05, 0) is 153 Å². The summed E-state index contributed by atoms with van der Waals surface area (Å²) < 4.78 is 0. The van der Waals surface area contributed by atoms with E-state index in [1.54, 1.807) is 0 Å². The van der Waals surface area contributed by atoms with Crippen molar-refractivity contribution < 1.29 is 0 Å². The van der Waals surface area contributed by atoms with Crippen LogP contribution >= 0.6 is 0 Å². The number of nitrogens with zero attached hydrogens (tertiary/aromatic N) is 1. The molecule has 0 fully saturated rings. The first kappa shape index (κ1) is 33.3. The van der Waals surface area contributed by atoms with Crippen molar-refractivity contribution >= 4 is 108 Å². The number of anilines is 3. The lowest BCUT2D eigenvalue weighted by atomic mass is 9.24. The standard InChI is InChI=1S/C56H40B3N/c1-29-13-7-14-30(2)46(29)37-25-40-38-21-10-19-35-27-44-55-52(47(35)38)59-51(40)41(26-37)39-22-11-20-36-28-45-56(53(59)48(36)39)60(55)54-42(57(44)49-31(3)15-8-16-32(49)4)23-12-24-43(54)58(45)50-33(5)17-9-18-34(50)6/h7-28H,1-6H3. The van der Waals surface area contributed by atoms with E-state index in [1.165, 1.54) is 155 Å². The molecule has 14 rings (SSSR count). The fraction of sp³-hybridized carbons (Fsp3) is 0.107. The second kappa shape index (κ2) is 11.2. The maximum atomic E-state index is 2.80. The number of hydrogen-bond acceptors (Lipinski definition) is 1. The van der Waals surface area contributed by atoms with Crippen molar-refractivity contribution in [2.45, 2.75) is 41.5 Å². The molecule has 0 bridgehead atoms. The van der Waals surface area contributed by atoms with Gasteiger partial charge in [0.15, 0.2) is 0 Å². The summed E-state index contributed by atoms with van der Waals surface area (Å²) in [6.07, 6.45) is 0. The summed E-state index contributed by atoms with van der Waals surface area (Å²) in [6.45, 7) is 14.2. The van der Waals surface area contributed by atoms with Crippen molar-refractivity contribution in [1.82, 2.24) is 0 Å². The Labute approximate surface area is 353 Å². The summed E-state index contributed by atoms with van der Waals surface area (Å²) in [5, 5.41) is 5.56. The molecule has 5 aliphatic heterocycles. The van der Waals surface area contributed by atoms with Crippen LogP contribution in [-0.2, 0) is 0 Å². The molecular formula is C56H40B3N. The zero-order chi connectivity index (χ0) is 40.0. The van der Waals surface area contributed by atoms with Crippen molar-refractivity contribution in [3.05, 3.63) is 167 Å². The highest BCUT2D eigenvalue weighted by atomic mass is 15.2. The minimum absolute atomic E-state index is 0.102. The molecule has 0 aliphatic carbocycles. The minimum atomic E-state index is 0.102. The van der Waals surface area contributed by atoms with Gasteiger partial charge >= 0.3 is 0 Å². The van der Waals surface area contributed by atoms with E-state index in [2.05, 4.69) is 180 Å². The lowest BCUT2D eigenvalue weighted by molar-refractivity contribution is 1.31. The molecule has 0 unspecified atom stereocenters. The highest BCUT2D eigenvalue weighted by molar-refractivity contribution is 7.09. The fourth-order valence-corrected chi connectivity index (χ4v) is 13.4. The molecule has 4 heteroatoms. The summed E-state index contributed by atoms with van der Waals surface area (Å²) in [7, 11) is 0. The van der Waals surface area contributed by atoms with Gasteiger partial charge in [-0.2, -0.15) is 0 Å². The first-order valence-corrected chi connectivity index (χ1v) is 21.8. The van der Waals surface area contributed by atoms with E-state index >= 15 is 0 Å². The maximum Gasteiger partial charge on any atom is 0.249 e. The second-order valence-corrected chi connectivity index (χ2v) is 18.5. The number of hydrogen-bond donors (Lipinski definition) is 0. The molecule has 9 aromatic carbocycles. The van der Waals surface area contributed by atoms with Crippen LogP contribution in [0.25, 0.3) is 54.9 Å². The summed E-state index contributed by atoms with van der Waals surface area (Å²) in [6, 6.07) is 52.4. The highest BCUT2D eigenvalue weighted by Gasteiger charge is 2.54. The van der Waals surface area contributed by atoms with E-state index in [9.17, 15) is 0 Å². The van der Waals surface area contributed by atoms with Crippen LogP contribution < -0.4 is 54.1 Å². The van der Waals surface area contributed by atoms with E-state index in [0.29, 0.717) is 0 Å². The SMILES string of the molecule is Cc1cccc(C)c1B1c2cccc3c2N2c4c1cc1cccc5c1c4B1c4c-5cc(-c5c(C)cccc5C)cc4-c4cccc5cc(c2c1c45)B3c1c(C)cccc1C. The van der Waals surface area contributed by atoms with E-state index < -0.39 is 0 Å². The first-order chi connectivity index (χ1) is 29.3. The van der Waals surface area contributed by atoms with Crippen molar-refractivity contribution in [2.75, 3.05) is 4.90 Å². The Morgan fingerprint density at radius 1 is 0.333 bits per heavy atom. The van der Waals surface area contributed by atoms with Gasteiger partial charge in [0.2, 0.25) is 20.1 Å². The monoisotopic (exact) mass is 759 g/mol. The summed E-state index contributed by atoms with van der Waals surface area (Å²) >= 11 is 0. The van der Waals surface area contributed by atoms with E-state index in [4.69, 9.17) is 0 Å². The number of fused-ring (bicyclic) bond motifs is 2. The molecule has 0 saturated heterocycles. The predicted octanol–water partition coefficient (Wildman–Crippen LogP) is 7.43. The van der Waals surface area contributed by atoms with Crippen LogP contribution in [0.3, 0.4) is 0 Å². The van der Waals surface area contributed by atoms with Crippen LogP contribution in [0.2, 0.25) is 0 Å². The number of rotatable bonds is 3. The Bertz CT molecular complexity index is 3280. The average Bonchev–Trinajstić information content (AvgIpc) is 3.24. The zero-order valence-electron chi connectivity index (χ0n) is 34.9. The van der Waals surface area contributed by atoms with Crippen molar-refractivity contribution in [1.29, 1.82) is 0 Å². The molecular weight excluding hydrogens is 719 g/mol. The van der Waals surface area contributed by atoms with Crippen LogP contribution in [0.1, 0.15) is 33.4 Å². The van der Waals surface area contributed by atoms with E-state index in [0.717, 1.165) is 0 Å². The highest BCUT2D eigenvalue weighted by Crippen LogP contribution is 2.49. The van der Waals surface area contributed by atoms with Crippen LogP contribution in [0.4, 0.5) is 17.1 Å². The van der Waals surface area contributed by atoms with Gasteiger partial charge in [-0.15, -0.1) is 0 Å². The van der Waals surface area contributed by atoms with Crippen LogP contribution in [0.5, 0.6) is 0 Å². The maximum absolute atomic E-state index is 2.80. The third-order valence-electron chi connectivity index (χ3n) is 15.5. The Morgan fingerprint density at radius 3 is 1.22 bits per heavy atom. The second-order valence-electron chi connectivity index (χ2n) is 18.5. The Hall–Kier alpha value is -6.51. The van der Waals surface area contributed by atoms with Gasteiger partial charge in [0, 0.05) is 17.1 Å². The zero-order valence-corrected chi connectivity index (χ0v) is 34.9. The Kier molecular flexibility index (Phi) is 6.22. The van der Waals surface area contributed by atoms with Gasteiger partial charge in [0.05, 0.1) is 0 Å². The molecule has 5 aliphatic rings. The number of benzene rings is 9. The number of para-hydroxylation sites is 1. The van der Waals surface area contributed by atoms with Gasteiger partial charge in [-0.3, -0.25) is 0 Å². The third-order valence-corrected chi connectivity index (χ3v) is 15.5. The largest absolute Gasteiger partial charge is 0.314 e. The van der Waals surface area contributed by atoms with Gasteiger partial charge in [0.25, 0.3) is 0 Å². The molecule has 9 aromatic rings. The Morgan fingerprint density at radius 2 is 0.750 bits per heavy atom. The molecule has 278 valence electrons. The molecule has 60 heavy (non-hydrogen) atoms. The van der Waals surface area contributed by atoms with E-state index in [1.807, 2.05) is 0 Å². The lowest BCUT2D eigenvalue weighted by Crippen LogP contribution is -2.72. The minimum Gasteiger partial charge on any atom is -0.314 e. The molecule has 5 heterocycles. The lowest BCUT2D eigenvalue weighted by Gasteiger charge is -2.52. The smallest absolute Gasteiger partial charge is 0.249 e. The van der Waals surface area contributed by atoms with Gasteiger partial charge in [0.1, 0.15) is 0 Å². The molecule has 0 aromatic heterocycles. The number of aryl methyl sites for hydroxylation is 6. The molecule has 1 nitrogen and oxygen atoms in total. The van der Waals surface area contributed by atoms with E-state index in [-0.39, 0.29) is 20.1 Å². The molecule has 0 radical (unpaired) electrons. The first-order valence-electron chi connectivity index (χ1n) is 21.8. The molecule has 0 spiro atoms. The Balaban J connectivity index is 1.23. The van der Waals surface area contributed by atoms with Crippen LogP contribution in [0.15, 0.2) is 133 Å². The van der Waals surface area contributed by atoms with Crippen molar-refractivity contribution in [3.63, 3.8) is 0 Å². The summed E-state index contributed by atoms with van der Waals surface area (Å²) in [5.74, 6) is 0. The molecule has 0 saturated carbocycles. The average molecular weight is 759 g/mol. The predicted molar refractivity (Wildman–Crippen MR) is 261 cm³/mol. The van der Waals surface area contributed by atoms with Crippen LogP contribution in [0, 0.1) is 41.5 Å². The topological polar surface area (TPSA) is 3.24 Å². The van der Waals surface area contributed by atoms with Gasteiger partial charge in [-0.1, -0.05) is 160 Å². The third kappa shape index (κ3) is 3.82. The van der Waals surface area contributed by atoms with Crippen molar-refractivity contribution in [3.8, 4) is 33.4 Å². The summed E-state index contributed by atoms with van der Waals surface area (Å²) in [5.41, 5.74) is 33.7. The molecule has 0 N–H and O–H groups in total. The van der Waals surface area contributed by atoms with Crippen LogP contribution in [-0.4, -0.2) is 20.1 Å².